The van der Waals surface area contributed by atoms with Crippen LogP contribution in [0.4, 0.5) is 5.69 Å². The maximum Gasteiger partial charge on any atom is 0.231 e. The Morgan fingerprint density at radius 3 is 2.80 bits per heavy atom. The molecule has 1 atom stereocenters. The molecule has 1 amide bonds. The molecule has 0 spiro atoms. The van der Waals surface area contributed by atoms with Crippen molar-refractivity contribution in [1.82, 2.24) is 0 Å². The summed E-state index contributed by atoms with van der Waals surface area (Å²) < 4.78 is 15.5. The largest absolute Gasteiger partial charge is 0.489 e. The van der Waals surface area contributed by atoms with Crippen molar-refractivity contribution in [3.63, 3.8) is 0 Å². The summed E-state index contributed by atoms with van der Waals surface area (Å²) in [6.45, 7) is 0.592. The lowest BCUT2D eigenvalue weighted by Gasteiger charge is -2.10. The van der Waals surface area contributed by atoms with Gasteiger partial charge in [-0.2, -0.15) is 0 Å². The van der Waals surface area contributed by atoms with Crippen LogP contribution in [0, 0.1) is 5.92 Å². The second-order valence-corrected chi connectivity index (χ2v) is 7.55. The number of hydrogen-bond acceptors (Lipinski definition) is 4. The highest BCUT2D eigenvalue weighted by atomic mass is 35.5. The summed E-state index contributed by atoms with van der Waals surface area (Å²) in [5.41, 5.74) is 1.61. The third-order valence-corrected chi connectivity index (χ3v) is 4.92. The molecule has 1 aliphatic carbocycles. The molecule has 0 bridgehead atoms. The van der Waals surface area contributed by atoms with Crippen molar-refractivity contribution in [1.29, 1.82) is 0 Å². The van der Waals surface area contributed by atoms with E-state index in [0.29, 0.717) is 36.0 Å². The van der Waals surface area contributed by atoms with E-state index in [1.54, 1.807) is 6.07 Å². The molecule has 1 N–H and O–H groups in total. The zero-order valence-electron chi connectivity index (χ0n) is 13.1. The number of carbonyl (C=O) groups is 1. The fourth-order valence-corrected chi connectivity index (χ4v) is 3.11. The predicted molar refractivity (Wildman–Crippen MR) is 94.5 cm³/mol. The van der Waals surface area contributed by atoms with Gasteiger partial charge in [-0.3, -0.25) is 4.79 Å². The Kier molecular flexibility index (Phi) is 4.13. The van der Waals surface area contributed by atoms with Crippen molar-refractivity contribution in [2.75, 3.05) is 12.1 Å². The molecule has 7 heteroatoms. The summed E-state index contributed by atoms with van der Waals surface area (Å²) in [7, 11) is 0. The molecule has 2 aliphatic rings. The fourth-order valence-electron chi connectivity index (χ4n) is 2.60. The molecule has 1 saturated carbocycles. The van der Waals surface area contributed by atoms with Gasteiger partial charge in [-0.1, -0.05) is 12.1 Å². The molecule has 1 unspecified atom stereocenters. The molecule has 25 heavy (non-hydrogen) atoms. The minimum atomic E-state index is -0.926. The van der Waals surface area contributed by atoms with Gasteiger partial charge in [0.15, 0.2) is 11.5 Å². The number of alkyl halides is 2. The Labute approximate surface area is 154 Å². The van der Waals surface area contributed by atoms with Gasteiger partial charge >= 0.3 is 0 Å². The number of ether oxygens (including phenoxy) is 3. The minimum Gasteiger partial charge on any atom is -0.489 e. The highest BCUT2D eigenvalue weighted by Gasteiger charge is 2.56. The minimum absolute atomic E-state index is 0.168. The van der Waals surface area contributed by atoms with Crippen LogP contribution in [0.3, 0.4) is 0 Å². The van der Waals surface area contributed by atoms with Gasteiger partial charge in [0.2, 0.25) is 12.7 Å². The van der Waals surface area contributed by atoms with Crippen LogP contribution in [-0.2, 0) is 11.4 Å². The lowest BCUT2D eigenvalue weighted by atomic mass is 10.2. The van der Waals surface area contributed by atoms with Crippen LogP contribution >= 0.6 is 23.2 Å². The SMILES string of the molecule is O=C(Nc1cccc(COc2ccc3c(c2)OCO3)c1)C1CC1(Cl)Cl. The van der Waals surface area contributed by atoms with E-state index in [1.165, 1.54) is 0 Å². The van der Waals surface area contributed by atoms with Crippen LogP contribution in [0.2, 0.25) is 0 Å². The molecule has 1 fully saturated rings. The van der Waals surface area contributed by atoms with Gasteiger partial charge in [0.05, 0.1) is 5.92 Å². The number of anilines is 1. The quantitative estimate of drug-likeness (QED) is 0.793. The standard InChI is InChI=1S/C18H15Cl2NO4/c19-18(20)8-14(18)17(22)21-12-3-1-2-11(6-12)9-23-13-4-5-15-16(7-13)25-10-24-15/h1-7,14H,8-10H2,(H,21,22). The Hall–Kier alpha value is -2.11. The molecule has 130 valence electrons. The zero-order valence-corrected chi connectivity index (χ0v) is 14.6. The van der Waals surface area contributed by atoms with Gasteiger partial charge in [-0.25, -0.2) is 0 Å². The van der Waals surface area contributed by atoms with Crippen LogP contribution in [-0.4, -0.2) is 17.0 Å². The van der Waals surface area contributed by atoms with Crippen molar-refractivity contribution in [2.45, 2.75) is 17.4 Å². The lowest BCUT2D eigenvalue weighted by Crippen LogP contribution is -2.16. The molecule has 0 radical (unpaired) electrons. The third kappa shape index (κ3) is 3.62. The Morgan fingerprint density at radius 1 is 1.20 bits per heavy atom. The number of carbonyl (C=O) groups excluding carboxylic acids is 1. The molecule has 2 aromatic rings. The summed E-state index contributed by atoms with van der Waals surface area (Å²) in [6, 6.07) is 12.9. The summed E-state index contributed by atoms with van der Waals surface area (Å²) in [5, 5.41) is 2.83. The first-order chi connectivity index (χ1) is 12.0. The summed E-state index contributed by atoms with van der Waals surface area (Å²) in [4.78, 5) is 12.1. The van der Waals surface area contributed by atoms with Gasteiger partial charge in [0.1, 0.15) is 16.7 Å². The third-order valence-electron chi connectivity index (χ3n) is 4.09. The topological polar surface area (TPSA) is 56.8 Å². The van der Waals surface area contributed by atoms with E-state index in [1.807, 2.05) is 36.4 Å². The molecule has 2 aromatic carbocycles. The van der Waals surface area contributed by atoms with Crippen LogP contribution in [0.5, 0.6) is 17.2 Å². The van der Waals surface area contributed by atoms with Gasteiger partial charge in [0.25, 0.3) is 0 Å². The zero-order chi connectivity index (χ0) is 17.4. The highest BCUT2D eigenvalue weighted by molar-refractivity contribution is 6.52. The maximum absolute atomic E-state index is 12.1. The molecule has 0 saturated heterocycles. The average Bonchev–Trinajstić information content (AvgIpc) is 3.02. The number of halogens is 2. The van der Waals surface area contributed by atoms with Crippen LogP contribution in [0.25, 0.3) is 0 Å². The second kappa shape index (κ2) is 6.32. The molecule has 5 nitrogen and oxygen atoms in total. The smallest absolute Gasteiger partial charge is 0.231 e. The average molecular weight is 380 g/mol. The second-order valence-electron chi connectivity index (χ2n) is 6.01. The Balaban J connectivity index is 1.37. The Morgan fingerprint density at radius 2 is 2.00 bits per heavy atom. The number of benzene rings is 2. The molecule has 1 heterocycles. The van der Waals surface area contributed by atoms with Crippen molar-refractivity contribution < 1.29 is 19.0 Å². The maximum atomic E-state index is 12.1. The molecular formula is C18H15Cl2NO4. The van der Waals surface area contributed by atoms with Crippen LogP contribution in [0.1, 0.15) is 12.0 Å². The summed E-state index contributed by atoms with van der Waals surface area (Å²) in [5.74, 6) is 1.55. The van der Waals surface area contributed by atoms with E-state index in [4.69, 9.17) is 37.4 Å². The summed E-state index contributed by atoms with van der Waals surface area (Å²) in [6.07, 6.45) is 0.481. The van der Waals surface area contributed by atoms with Crippen molar-refractivity contribution in [3.8, 4) is 17.2 Å². The number of rotatable bonds is 5. The van der Waals surface area contributed by atoms with Gasteiger partial charge in [-0.05, 0) is 36.2 Å². The first-order valence-electron chi connectivity index (χ1n) is 7.81. The van der Waals surface area contributed by atoms with Gasteiger partial charge < -0.3 is 19.5 Å². The van der Waals surface area contributed by atoms with Gasteiger partial charge in [-0.15, -0.1) is 23.2 Å². The van der Waals surface area contributed by atoms with E-state index in [9.17, 15) is 4.79 Å². The molecule has 4 rings (SSSR count). The highest BCUT2D eigenvalue weighted by Crippen LogP contribution is 2.53. The Bertz CT molecular complexity index is 824. The number of nitrogens with one attached hydrogen (secondary N) is 1. The van der Waals surface area contributed by atoms with E-state index in [-0.39, 0.29) is 18.6 Å². The van der Waals surface area contributed by atoms with E-state index in [0.717, 1.165) is 5.56 Å². The number of amides is 1. The lowest BCUT2D eigenvalue weighted by molar-refractivity contribution is -0.117. The van der Waals surface area contributed by atoms with Crippen molar-refractivity contribution in [3.05, 3.63) is 48.0 Å². The van der Waals surface area contributed by atoms with Crippen LogP contribution in [0.15, 0.2) is 42.5 Å². The van der Waals surface area contributed by atoms with Crippen LogP contribution < -0.4 is 19.5 Å². The molecule has 0 aromatic heterocycles. The van der Waals surface area contributed by atoms with E-state index < -0.39 is 4.33 Å². The number of hydrogen-bond donors (Lipinski definition) is 1. The number of fused-ring (bicyclic) bond motifs is 1. The summed E-state index contributed by atoms with van der Waals surface area (Å²) >= 11 is 11.8. The monoisotopic (exact) mass is 379 g/mol. The van der Waals surface area contributed by atoms with E-state index >= 15 is 0 Å². The predicted octanol–water partition coefficient (Wildman–Crippen LogP) is 4.13. The van der Waals surface area contributed by atoms with Crippen molar-refractivity contribution >= 4 is 34.8 Å². The first-order valence-corrected chi connectivity index (χ1v) is 8.57. The molecule has 1 aliphatic heterocycles. The normalized spacial score (nSPS) is 19.4. The first kappa shape index (κ1) is 16.4. The fraction of sp³-hybridized carbons (Fsp3) is 0.278. The molecular weight excluding hydrogens is 365 g/mol. The van der Waals surface area contributed by atoms with Gasteiger partial charge in [0, 0.05) is 11.8 Å². The van der Waals surface area contributed by atoms with Crippen molar-refractivity contribution in [2.24, 2.45) is 5.92 Å². The van der Waals surface area contributed by atoms with E-state index in [2.05, 4.69) is 5.32 Å².